The molecule has 3 N–H and O–H groups in total. The number of carbonyl (C=O) groups excluding carboxylic acids is 1. The molecular weight excluding hydrogens is 176 g/mol. The highest BCUT2D eigenvalue weighted by Crippen LogP contribution is 2.08. The lowest BCUT2D eigenvalue weighted by Crippen LogP contribution is -2.17. The second-order valence-corrected chi connectivity index (χ2v) is 3.27. The minimum Gasteiger partial charge on any atom is -0.399 e. The van der Waals surface area contributed by atoms with Crippen molar-refractivity contribution in [2.45, 2.75) is 19.3 Å². The highest BCUT2D eigenvalue weighted by molar-refractivity contribution is 5.75. The number of hydrogen-bond acceptors (Lipinski definition) is 2. The summed E-state index contributed by atoms with van der Waals surface area (Å²) in [7, 11) is 1.66. The van der Waals surface area contributed by atoms with Crippen LogP contribution in [-0.4, -0.2) is 13.0 Å². The van der Waals surface area contributed by atoms with Gasteiger partial charge in [-0.2, -0.15) is 0 Å². The first-order chi connectivity index (χ1) is 6.72. The maximum Gasteiger partial charge on any atom is 0.219 e. The standard InChI is InChI=1S/C11H16N2O/c1-13-11(14)4-2-3-9-5-7-10(12)8-6-9/h5-8H,2-4,12H2,1H3,(H,13,14). The van der Waals surface area contributed by atoms with Crippen LogP contribution < -0.4 is 11.1 Å². The fourth-order valence-electron chi connectivity index (χ4n) is 1.26. The number of aryl methyl sites for hydroxylation is 1. The minimum absolute atomic E-state index is 0.0976. The zero-order valence-electron chi connectivity index (χ0n) is 8.42. The van der Waals surface area contributed by atoms with Crippen LogP contribution in [0.2, 0.25) is 0 Å². The average molecular weight is 192 g/mol. The van der Waals surface area contributed by atoms with Gasteiger partial charge in [0.25, 0.3) is 0 Å². The lowest BCUT2D eigenvalue weighted by atomic mass is 10.1. The second-order valence-electron chi connectivity index (χ2n) is 3.27. The Balaban J connectivity index is 2.31. The Morgan fingerprint density at radius 1 is 1.36 bits per heavy atom. The number of benzene rings is 1. The molecule has 0 fully saturated rings. The van der Waals surface area contributed by atoms with Crippen molar-refractivity contribution in [3.05, 3.63) is 29.8 Å². The van der Waals surface area contributed by atoms with Gasteiger partial charge in [-0.15, -0.1) is 0 Å². The molecule has 0 unspecified atom stereocenters. The molecule has 0 aliphatic rings. The summed E-state index contributed by atoms with van der Waals surface area (Å²) in [5.74, 6) is 0.0976. The van der Waals surface area contributed by atoms with E-state index in [1.807, 2.05) is 24.3 Å². The van der Waals surface area contributed by atoms with E-state index in [0.717, 1.165) is 18.5 Å². The van der Waals surface area contributed by atoms with Crippen molar-refractivity contribution in [2.75, 3.05) is 12.8 Å². The summed E-state index contributed by atoms with van der Waals surface area (Å²) in [6, 6.07) is 7.77. The van der Waals surface area contributed by atoms with Gasteiger partial charge in [0.1, 0.15) is 0 Å². The van der Waals surface area contributed by atoms with Crippen LogP contribution in [0.5, 0.6) is 0 Å². The van der Waals surface area contributed by atoms with Crippen molar-refractivity contribution < 1.29 is 4.79 Å². The van der Waals surface area contributed by atoms with E-state index < -0.39 is 0 Å². The fraction of sp³-hybridized carbons (Fsp3) is 0.364. The number of rotatable bonds is 4. The van der Waals surface area contributed by atoms with Gasteiger partial charge in [0.2, 0.25) is 5.91 Å². The normalized spacial score (nSPS) is 9.79. The Morgan fingerprint density at radius 2 is 2.00 bits per heavy atom. The number of anilines is 1. The van der Waals surface area contributed by atoms with E-state index in [2.05, 4.69) is 5.32 Å². The topological polar surface area (TPSA) is 55.1 Å². The SMILES string of the molecule is CNC(=O)CCCc1ccc(N)cc1. The van der Waals surface area contributed by atoms with Crippen molar-refractivity contribution in [3.8, 4) is 0 Å². The van der Waals surface area contributed by atoms with Gasteiger partial charge in [-0.3, -0.25) is 4.79 Å². The smallest absolute Gasteiger partial charge is 0.219 e. The van der Waals surface area contributed by atoms with Crippen LogP contribution >= 0.6 is 0 Å². The van der Waals surface area contributed by atoms with Crippen LogP contribution in [-0.2, 0) is 11.2 Å². The predicted molar refractivity (Wildman–Crippen MR) is 57.9 cm³/mol. The lowest BCUT2D eigenvalue weighted by molar-refractivity contribution is -0.120. The van der Waals surface area contributed by atoms with Gasteiger partial charge in [0.15, 0.2) is 0 Å². The van der Waals surface area contributed by atoms with Crippen LogP contribution in [0.3, 0.4) is 0 Å². The van der Waals surface area contributed by atoms with E-state index >= 15 is 0 Å². The highest BCUT2D eigenvalue weighted by Gasteiger charge is 1.98. The summed E-state index contributed by atoms with van der Waals surface area (Å²) in [5.41, 5.74) is 7.56. The van der Waals surface area contributed by atoms with E-state index in [9.17, 15) is 4.79 Å². The Morgan fingerprint density at radius 3 is 2.57 bits per heavy atom. The summed E-state index contributed by atoms with van der Waals surface area (Å²) in [4.78, 5) is 10.9. The molecule has 0 bridgehead atoms. The number of nitrogens with one attached hydrogen (secondary N) is 1. The van der Waals surface area contributed by atoms with Crippen molar-refractivity contribution in [3.63, 3.8) is 0 Å². The quantitative estimate of drug-likeness (QED) is 0.707. The average Bonchev–Trinajstić information content (AvgIpc) is 2.21. The lowest BCUT2D eigenvalue weighted by Gasteiger charge is -2.01. The van der Waals surface area contributed by atoms with E-state index in [1.54, 1.807) is 7.05 Å². The maximum absolute atomic E-state index is 10.9. The van der Waals surface area contributed by atoms with Crippen molar-refractivity contribution in [2.24, 2.45) is 0 Å². The molecule has 1 rings (SSSR count). The second kappa shape index (κ2) is 5.27. The van der Waals surface area contributed by atoms with Crippen LogP contribution in [0, 0.1) is 0 Å². The molecule has 1 amide bonds. The molecule has 1 aromatic rings. The number of amides is 1. The van der Waals surface area contributed by atoms with Crippen LogP contribution in [0.15, 0.2) is 24.3 Å². The first-order valence-corrected chi connectivity index (χ1v) is 4.77. The molecule has 0 heterocycles. The molecule has 1 aromatic carbocycles. The Bertz CT molecular complexity index is 293. The van der Waals surface area contributed by atoms with E-state index in [4.69, 9.17) is 5.73 Å². The summed E-state index contributed by atoms with van der Waals surface area (Å²) >= 11 is 0. The third-order valence-corrected chi connectivity index (χ3v) is 2.13. The molecule has 0 aliphatic heterocycles. The molecule has 0 atom stereocenters. The molecule has 0 aromatic heterocycles. The highest BCUT2D eigenvalue weighted by atomic mass is 16.1. The first kappa shape index (κ1) is 10.6. The van der Waals surface area contributed by atoms with Crippen molar-refractivity contribution in [1.82, 2.24) is 5.32 Å². The van der Waals surface area contributed by atoms with Crippen LogP contribution in [0.4, 0.5) is 5.69 Å². The third-order valence-electron chi connectivity index (χ3n) is 2.13. The monoisotopic (exact) mass is 192 g/mol. The van der Waals surface area contributed by atoms with E-state index in [1.165, 1.54) is 5.56 Å². The predicted octanol–water partition coefficient (Wildman–Crippen LogP) is 1.34. The zero-order valence-corrected chi connectivity index (χ0v) is 8.42. The van der Waals surface area contributed by atoms with E-state index in [-0.39, 0.29) is 5.91 Å². The fourth-order valence-corrected chi connectivity index (χ4v) is 1.26. The molecule has 0 aliphatic carbocycles. The molecular formula is C11H16N2O. The largest absolute Gasteiger partial charge is 0.399 e. The zero-order chi connectivity index (χ0) is 10.4. The molecule has 14 heavy (non-hydrogen) atoms. The summed E-state index contributed by atoms with van der Waals surface area (Å²) in [6.07, 6.45) is 2.39. The minimum atomic E-state index is 0.0976. The summed E-state index contributed by atoms with van der Waals surface area (Å²) < 4.78 is 0. The van der Waals surface area contributed by atoms with Gasteiger partial charge < -0.3 is 11.1 Å². The molecule has 76 valence electrons. The van der Waals surface area contributed by atoms with Gasteiger partial charge in [0, 0.05) is 19.2 Å². The molecule has 0 saturated carbocycles. The van der Waals surface area contributed by atoms with Crippen molar-refractivity contribution >= 4 is 11.6 Å². The van der Waals surface area contributed by atoms with Gasteiger partial charge in [-0.1, -0.05) is 12.1 Å². The third kappa shape index (κ3) is 3.47. The number of nitrogen functional groups attached to an aromatic ring is 1. The van der Waals surface area contributed by atoms with Gasteiger partial charge in [-0.25, -0.2) is 0 Å². The van der Waals surface area contributed by atoms with E-state index in [0.29, 0.717) is 6.42 Å². The Hall–Kier alpha value is -1.51. The van der Waals surface area contributed by atoms with Gasteiger partial charge >= 0.3 is 0 Å². The molecule has 3 nitrogen and oxygen atoms in total. The molecule has 0 spiro atoms. The maximum atomic E-state index is 10.9. The van der Waals surface area contributed by atoms with Crippen LogP contribution in [0.25, 0.3) is 0 Å². The van der Waals surface area contributed by atoms with Gasteiger partial charge in [-0.05, 0) is 30.5 Å². The molecule has 0 saturated heterocycles. The first-order valence-electron chi connectivity index (χ1n) is 4.77. The summed E-state index contributed by atoms with van der Waals surface area (Å²) in [5, 5.41) is 2.60. The van der Waals surface area contributed by atoms with Gasteiger partial charge in [0.05, 0.1) is 0 Å². The Kier molecular flexibility index (Phi) is 3.98. The number of hydrogen-bond donors (Lipinski definition) is 2. The molecule has 3 heteroatoms. The van der Waals surface area contributed by atoms with Crippen molar-refractivity contribution in [1.29, 1.82) is 0 Å². The van der Waals surface area contributed by atoms with Crippen LogP contribution in [0.1, 0.15) is 18.4 Å². The summed E-state index contributed by atoms with van der Waals surface area (Å²) in [6.45, 7) is 0. The Labute approximate surface area is 84.3 Å². The molecule has 0 radical (unpaired) electrons. The number of carbonyl (C=O) groups is 1. The number of nitrogens with two attached hydrogens (primary N) is 1.